The van der Waals surface area contributed by atoms with Crippen LogP contribution in [0.2, 0.25) is 0 Å². The van der Waals surface area contributed by atoms with Gasteiger partial charge in [-0.05, 0) is 25.1 Å². The summed E-state index contributed by atoms with van der Waals surface area (Å²) >= 11 is 3.46. The maximum absolute atomic E-state index is 5.80. The second-order valence-corrected chi connectivity index (χ2v) is 4.83. The van der Waals surface area contributed by atoms with Crippen molar-refractivity contribution in [2.45, 2.75) is 6.92 Å². The highest BCUT2D eigenvalue weighted by atomic mass is 79.9. The molecule has 0 spiro atoms. The van der Waals surface area contributed by atoms with Gasteiger partial charge in [-0.3, -0.25) is 0 Å². The number of fused-ring (bicyclic) bond motifs is 3. The Hall–Kier alpha value is -1.66. The molecule has 3 rings (SSSR count). The molecule has 5 nitrogen and oxygen atoms in total. The summed E-state index contributed by atoms with van der Waals surface area (Å²) in [6, 6.07) is 5.85. The quantitative estimate of drug-likeness (QED) is 0.713. The fourth-order valence-corrected chi connectivity index (χ4v) is 2.29. The van der Waals surface area contributed by atoms with E-state index in [-0.39, 0.29) is 0 Å². The molecule has 0 aliphatic heterocycles. The minimum absolute atomic E-state index is 0.646. The van der Waals surface area contributed by atoms with Gasteiger partial charge in [0.1, 0.15) is 16.9 Å². The molecule has 0 aliphatic carbocycles. The van der Waals surface area contributed by atoms with Gasteiger partial charge in [0.05, 0.1) is 0 Å². The van der Waals surface area contributed by atoms with Crippen LogP contribution in [0.3, 0.4) is 0 Å². The van der Waals surface area contributed by atoms with Gasteiger partial charge in [0.25, 0.3) is 0 Å². The predicted octanol–water partition coefficient (Wildman–Crippen LogP) is 2.99. The largest absolute Gasteiger partial charge is 0.450 e. The molecule has 0 saturated carbocycles. The van der Waals surface area contributed by atoms with Crippen LogP contribution in [-0.4, -0.2) is 17.0 Å². The molecule has 0 unspecified atom stereocenters. The third-order valence-electron chi connectivity index (χ3n) is 2.63. The molecule has 0 fully saturated rings. The number of furan rings is 1. The van der Waals surface area contributed by atoms with Crippen molar-refractivity contribution in [3.63, 3.8) is 0 Å². The zero-order chi connectivity index (χ0) is 12.7. The highest BCUT2D eigenvalue weighted by Gasteiger charge is 2.14. The summed E-state index contributed by atoms with van der Waals surface area (Å²) in [5.41, 5.74) is 8.08. The normalized spacial score (nSPS) is 11.3. The average Bonchev–Trinajstić information content (AvgIpc) is 2.68. The van der Waals surface area contributed by atoms with E-state index in [2.05, 4.69) is 36.7 Å². The third kappa shape index (κ3) is 1.74. The molecule has 1 aromatic carbocycles. The smallest absolute Gasteiger partial charge is 0.197 e. The molecule has 2 heterocycles. The summed E-state index contributed by atoms with van der Waals surface area (Å²) < 4.78 is 6.80. The van der Waals surface area contributed by atoms with Crippen molar-refractivity contribution in [2.75, 3.05) is 12.5 Å². The van der Waals surface area contributed by atoms with E-state index in [1.54, 1.807) is 7.05 Å². The number of halogens is 1. The lowest BCUT2D eigenvalue weighted by Crippen LogP contribution is -2.16. The molecular formula is C12H11BrN4O. The molecule has 3 aromatic rings. The number of hydrazine groups is 1. The van der Waals surface area contributed by atoms with Crippen molar-refractivity contribution in [1.29, 1.82) is 0 Å². The Morgan fingerprint density at radius 3 is 2.89 bits per heavy atom. The number of aromatic nitrogens is 2. The molecule has 0 radical (unpaired) electrons. The molecule has 0 amide bonds. The summed E-state index contributed by atoms with van der Waals surface area (Å²) in [7, 11) is 1.78. The van der Waals surface area contributed by atoms with Gasteiger partial charge < -0.3 is 9.84 Å². The van der Waals surface area contributed by atoms with Crippen LogP contribution in [0.25, 0.3) is 22.1 Å². The van der Waals surface area contributed by atoms with Gasteiger partial charge in [-0.1, -0.05) is 15.9 Å². The lowest BCUT2D eigenvalue weighted by Gasteiger charge is -2.03. The van der Waals surface area contributed by atoms with Crippen LogP contribution in [0, 0.1) is 6.92 Å². The minimum Gasteiger partial charge on any atom is -0.450 e. The summed E-state index contributed by atoms with van der Waals surface area (Å²) in [5, 5.41) is 0.976. The molecule has 0 atom stereocenters. The van der Waals surface area contributed by atoms with Gasteiger partial charge in [0.2, 0.25) is 0 Å². The number of hydrogen-bond donors (Lipinski definition) is 2. The molecule has 92 valence electrons. The maximum atomic E-state index is 5.80. The number of nitrogens with zero attached hydrogens (tertiary/aromatic N) is 2. The lowest BCUT2D eigenvalue weighted by molar-refractivity contribution is 0.665. The second-order valence-electron chi connectivity index (χ2n) is 3.91. The van der Waals surface area contributed by atoms with Gasteiger partial charge in [0.15, 0.2) is 11.4 Å². The Bertz CT molecular complexity index is 738. The Morgan fingerprint density at radius 2 is 2.11 bits per heavy atom. The Morgan fingerprint density at radius 1 is 1.28 bits per heavy atom. The summed E-state index contributed by atoms with van der Waals surface area (Å²) in [5.74, 6) is 1.34. The van der Waals surface area contributed by atoms with E-state index < -0.39 is 0 Å². The number of anilines is 1. The van der Waals surface area contributed by atoms with Gasteiger partial charge >= 0.3 is 0 Å². The first kappa shape index (κ1) is 11.4. The number of nitrogens with one attached hydrogen (secondary N) is 2. The van der Waals surface area contributed by atoms with Crippen LogP contribution in [-0.2, 0) is 0 Å². The van der Waals surface area contributed by atoms with E-state index >= 15 is 0 Å². The second kappa shape index (κ2) is 4.22. The van der Waals surface area contributed by atoms with E-state index in [4.69, 9.17) is 4.42 Å². The summed E-state index contributed by atoms with van der Waals surface area (Å²) in [6.07, 6.45) is 0. The number of hydrogen-bond acceptors (Lipinski definition) is 5. The molecule has 0 bridgehead atoms. The van der Waals surface area contributed by atoms with Crippen LogP contribution in [0.5, 0.6) is 0 Å². The van der Waals surface area contributed by atoms with Crippen LogP contribution < -0.4 is 10.9 Å². The van der Waals surface area contributed by atoms with E-state index in [0.29, 0.717) is 17.2 Å². The molecule has 0 aliphatic rings. The van der Waals surface area contributed by atoms with Crippen molar-refractivity contribution >= 4 is 43.8 Å². The van der Waals surface area contributed by atoms with E-state index in [1.165, 1.54) is 0 Å². The first-order valence-electron chi connectivity index (χ1n) is 5.48. The van der Waals surface area contributed by atoms with Gasteiger partial charge in [-0.15, -0.1) is 0 Å². The monoisotopic (exact) mass is 306 g/mol. The summed E-state index contributed by atoms with van der Waals surface area (Å²) in [6.45, 7) is 1.86. The molecule has 0 saturated heterocycles. The van der Waals surface area contributed by atoms with Gasteiger partial charge in [-0.2, -0.15) is 0 Å². The zero-order valence-corrected chi connectivity index (χ0v) is 11.5. The molecule has 6 heteroatoms. The molecular weight excluding hydrogens is 296 g/mol. The van der Waals surface area contributed by atoms with Gasteiger partial charge in [0, 0.05) is 16.9 Å². The predicted molar refractivity (Wildman–Crippen MR) is 74.4 cm³/mol. The standard InChI is InChI=1S/C12H11BrN4O/c1-6-15-10-8-5-7(13)3-4-9(8)18-11(10)12(16-6)17-14-2/h3-5,14H,1-2H3,(H,15,16,17). The Kier molecular flexibility index (Phi) is 2.68. The average molecular weight is 307 g/mol. The first-order valence-corrected chi connectivity index (χ1v) is 6.27. The fraction of sp³-hybridized carbons (Fsp3) is 0.167. The van der Waals surface area contributed by atoms with Crippen molar-refractivity contribution in [3.8, 4) is 0 Å². The molecule has 2 aromatic heterocycles. The van der Waals surface area contributed by atoms with Crippen LogP contribution >= 0.6 is 15.9 Å². The molecule has 2 N–H and O–H groups in total. The summed E-state index contributed by atoms with van der Waals surface area (Å²) in [4.78, 5) is 8.77. The van der Waals surface area contributed by atoms with Gasteiger partial charge in [-0.25, -0.2) is 15.4 Å². The number of aryl methyl sites for hydroxylation is 1. The van der Waals surface area contributed by atoms with E-state index in [1.807, 2.05) is 25.1 Å². The Balaban J connectivity index is 2.42. The van der Waals surface area contributed by atoms with E-state index in [9.17, 15) is 0 Å². The number of benzene rings is 1. The van der Waals surface area contributed by atoms with Crippen LogP contribution in [0.4, 0.5) is 5.82 Å². The first-order chi connectivity index (χ1) is 8.69. The fourth-order valence-electron chi connectivity index (χ4n) is 1.93. The van der Waals surface area contributed by atoms with Crippen molar-refractivity contribution in [3.05, 3.63) is 28.5 Å². The third-order valence-corrected chi connectivity index (χ3v) is 3.12. The SMILES string of the molecule is CNNc1nc(C)nc2c1oc1ccc(Br)cc12. The van der Waals surface area contributed by atoms with Crippen molar-refractivity contribution < 1.29 is 4.42 Å². The zero-order valence-electron chi connectivity index (χ0n) is 9.91. The van der Waals surface area contributed by atoms with E-state index in [0.717, 1.165) is 21.0 Å². The maximum Gasteiger partial charge on any atom is 0.197 e. The topological polar surface area (TPSA) is 63.0 Å². The van der Waals surface area contributed by atoms with Crippen LogP contribution in [0.1, 0.15) is 5.82 Å². The highest BCUT2D eigenvalue weighted by molar-refractivity contribution is 9.10. The lowest BCUT2D eigenvalue weighted by atomic mass is 10.2. The highest BCUT2D eigenvalue weighted by Crippen LogP contribution is 2.32. The van der Waals surface area contributed by atoms with Crippen molar-refractivity contribution in [1.82, 2.24) is 15.4 Å². The van der Waals surface area contributed by atoms with Crippen LogP contribution in [0.15, 0.2) is 27.1 Å². The Labute approximate surface area is 112 Å². The number of rotatable bonds is 2. The van der Waals surface area contributed by atoms with Crippen molar-refractivity contribution in [2.24, 2.45) is 0 Å². The molecule has 18 heavy (non-hydrogen) atoms. The minimum atomic E-state index is 0.646.